The van der Waals surface area contributed by atoms with Crippen molar-refractivity contribution >= 4 is 11.0 Å². The molecule has 0 atom stereocenters. The zero-order chi connectivity index (χ0) is 20.0. The van der Waals surface area contributed by atoms with Crippen LogP contribution >= 0.6 is 0 Å². The Labute approximate surface area is 148 Å². The van der Waals surface area contributed by atoms with Crippen molar-refractivity contribution in [2.24, 2.45) is 0 Å². The molecule has 3 aromatic rings. The first-order valence-electron chi connectivity index (χ1n) is 7.50. The van der Waals surface area contributed by atoms with E-state index in [9.17, 15) is 26.3 Å². The van der Waals surface area contributed by atoms with Gasteiger partial charge in [-0.2, -0.15) is 13.2 Å². The molecular weight excluding hydrogens is 378 g/mol. The fourth-order valence-corrected chi connectivity index (χ4v) is 2.69. The quantitative estimate of drug-likeness (QED) is 0.573. The number of imidazole rings is 1. The second-order valence-electron chi connectivity index (χ2n) is 5.62. The summed E-state index contributed by atoms with van der Waals surface area (Å²) in [6.45, 7) is 1.56. The normalized spacial score (nSPS) is 12.4. The van der Waals surface area contributed by atoms with Gasteiger partial charge < -0.3 is 9.47 Å². The third-order valence-corrected chi connectivity index (χ3v) is 3.76. The van der Waals surface area contributed by atoms with E-state index >= 15 is 0 Å². The van der Waals surface area contributed by atoms with Crippen molar-refractivity contribution in [3.63, 3.8) is 0 Å². The Morgan fingerprint density at radius 3 is 2.15 bits per heavy atom. The Morgan fingerprint density at radius 2 is 1.59 bits per heavy atom. The molecule has 0 amide bonds. The van der Waals surface area contributed by atoms with Crippen molar-refractivity contribution in [3.8, 4) is 17.2 Å². The second kappa shape index (κ2) is 6.36. The molecule has 0 N–H and O–H groups in total. The minimum Gasteiger partial charge on any atom is -0.497 e. The zero-order valence-corrected chi connectivity index (χ0v) is 13.9. The molecule has 144 valence electrons. The first-order chi connectivity index (χ1) is 12.5. The summed E-state index contributed by atoms with van der Waals surface area (Å²) in [5.41, 5.74) is 0.237. The van der Waals surface area contributed by atoms with E-state index in [2.05, 4.69) is 9.72 Å². The number of rotatable bonds is 3. The van der Waals surface area contributed by atoms with Crippen LogP contribution in [0.1, 0.15) is 11.4 Å². The molecule has 0 saturated heterocycles. The Kier molecular flexibility index (Phi) is 4.44. The summed E-state index contributed by atoms with van der Waals surface area (Å²) in [5, 5.41) is 0. The Bertz CT molecular complexity index is 991. The van der Waals surface area contributed by atoms with Gasteiger partial charge in [0.25, 0.3) is 0 Å². The Hall–Kier alpha value is -2.91. The highest BCUT2D eigenvalue weighted by Gasteiger charge is 2.39. The number of methoxy groups -OCH3 is 1. The third kappa shape index (κ3) is 3.79. The van der Waals surface area contributed by atoms with E-state index in [1.165, 1.54) is 25.3 Å². The van der Waals surface area contributed by atoms with Gasteiger partial charge in [0.1, 0.15) is 11.5 Å². The molecule has 0 saturated carbocycles. The lowest BCUT2D eigenvalue weighted by atomic mass is 10.1. The molecule has 0 radical (unpaired) electrons. The summed E-state index contributed by atoms with van der Waals surface area (Å²) in [4.78, 5) is 3.55. The highest BCUT2D eigenvalue weighted by atomic mass is 19.4. The van der Waals surface area contributed by atoms with Gasteiger partial charge in [-0.3, -0.25) is 4.57 Å². The van der Waals surface area contributed by atoms with Crippen molar-refractivity contribution < 1.29 is 35.8 Å². The van der Waals surface area contributed by atoms with E-state index in [1.807, 2.05) is 0 Å². The highest BCUT2D eigenvalue weighted by molar-refractivity contribution is 5.80. The molecule has 1 aromatic heterocycles. The average Bonchev–Trinajstić information content (AvgIpc) is 2.92. The lowest BCUT2D eigenvalue weighted by Crippen LogP contribution is -2.17. The third-order valence-electron chi connectivity index (χ3n) is 3.76. The molecule has 10 heteroatoms. The zero-order valence-electron chi connectivity index (χ0n) is 13.9. The number of aryl methyl sites for hydroxylation is 1. The minimum atomic E-state index is -4.97. The van der Waals surface area contributed by atoms with Crippen LogP contribution in [0.5, 0.6) is 11.5 Å². The van der Waals surface area contributed by atoms with Gasteiger partial charge in [0.2, 0.25) is 5.82 Å². The predicted molar refractivity (Wildman–Crippen MR) is 84.0 cm³/mol. The maximum atomic E-state index is 13.5. The Balaban J connectivity index is 2.28. The van der Waals surface area contributed by atoms with Crippen LogP contribution in [-0.2, 0) is 6.18 Å². The number of alkyl halides is 6. The van der Waals surface area contributed by atoms with E-state index in [1.54, 1.807) is 6.92 Å². The maximum absolute atomic E-state index is 13.5. The number of ether oxygens (including phenoxy) is 2. The van der Waals surface area contributed by atoms with Crippen LogP contribution in [0, 0.1) is 6.92 Å². The Morgan fingerprint density at radius 1 is 0.926 bits per heavy atom. The molecule has 0 spiro atoms. The molecule has 0 bridgehead atoms. The molecule has 4 nitrogen and oxygen atoms in total. The maximum Gasteiger partial charge on any atom is 0.573 e. The topological polar surface area (TPSA) is 36.3 Å². The molecule has 0 aliphatic heterocycles. The number of hydrogen-bond donors (Lipinski definition) is 0. The summed E-state index contributed by atoms with van der Waals surface area (Å²) in [6.07, 6.45) is -9.79. The first kappa shape index (κ1) is 18.9. The smallest absolute Gasteiger partial charge is 0.497 e. The van der Waals surface area contributed by atoms with Crippen LogP contribution in [-0.4, -0.2) is 23.0 Å². The molecule has 2 aromatic carbocycles. The molecule has 3 rings (SSSR count). The van der Waals surface area contributed by atoms with Crippen LogP contribution in [0.15, 0.2) is 36.4 Å². The van der Waals surface area contributed by atoms with Gasteiger partial charge in [-0.25, -0.2) is 4.98 Å². The van der Waals surface area contributed by atoms with Crippen LogP contribution in [0.4, 0.5) is 26.3 Å². The van der Waals surface area contributed by atoms with Crippen molar-refractivity contribution in [3.05, 3.63) is 47.8 Å². The number of hydrogen-bond acceptors (Lipinski definition) is 3. The summed E-state index contributed by atoms with van der Waals surface area (Å²) in [6, 6.07) is 7.16. The average molecular weight is 390 g/mol. The summed E-state index contributed by atoms with van der Waals surface area (Å²) in [7, 11) is 1.41. The van der Waals surface area contributed by atoms with Gasteiger partial charge in [-0.1, -0.05) is 0 Å². The first-order valence-corrected chi connectivity index (χ1v) is 7.50. The monoisotopic (exact) mass is 390 g/mol. The second-order valence-corrected chi connectivity index (χ2v) is 5.62. The lowest BCUT2D eigenvalue weighted by Gasteiger charge is -2.15. The van der Waals surface area contributed by atoms with Crippen molar-refractivity contribution in [1.29, 1.82) is 0 Å². The molecular formula is C17H12F6N2O2. The summed E-state index contributed by atoms with van der Waals surface area (Å²) in [5.74, 6) is -1.47. The SMILES string of the molecule is COc1ccc(-n2c(C(F)(F)F)nc3ccc(OC(F)(F)F)cc32)c(C)c1. The van der Waals surface area contributed by atoms with Crippen molar-refractivity contribution in [1.82, 2.24) is 9.55 Å². The van der Waals surface area contributed by atoms with Gasteiger partial charge in [0.15, 0.2) is 0 Å². The largest absolute Gasteiger partial charge is 0.573 e. The number of halogens is 6. The van der Waals surface area contributed by atoms with Gasteiger partial charge in [0, 0.05) is 6.07 Å². The van der Waals surface area contributed by atoms with E-state index in [0.717, 1.165) is 22.8 Å². The minimum absolute atomic E-state index is 0.106. The molecule has 1 heterocycles. The van der Waals surface area contributed by atoms with Crippen molar-refractivity contribution in [2.75, 3.05) is 7.11 Å². The predicted octanol–water partition coefficient (Wildman–Crippen LogP) is 5.26. The number of nitrogens with zero attached hydrogens (tertiary/aromatic N) is 2. The fourth-order valence-electron chi connectivity index (χ4n) is 2.69. The van der Waals surface area contributed by atoms with E-state index in [-0.39, 0.29) is 16.7 Å². The molecule has 27 heavy (non-hydrogen) atoms. The number of aromatic nitrogens is 2. The van der Waals surface area contributed by atoms with Crippen LogP contribution in [0.2, 0.25) is 0 Å². The standard InChI is InChI=1S/C17H12F6N2O2/c1-9-7-10(26-2)4-6-13(9)25-14-8-11(27-17(21,22)23)3-5-12(14)24-15(25)16(18,19)20/h3-8H,1-2H3. The summed E-state index contributed by atoms with van der Waals surface area (Å²) >= 11 is 0. The molecule has 0 fully saturated rings. The fraction of sp³-hybridized carbons (Fsp3) is 0.235. The van der Waals surface area contributed by atoms with Crippen LogP contribution < -0.4 is 9.47 Å². The van der Waals surface area contributed by atoms with Gasteiger partial charge in [-0.05, 0) is 42.8 Å². The van der Waals surface area contributed by atoms with Crippen molar-refractivity contribution in [2.45, 2.75) is 19.5 Å². The molecule has 0 aliphatic carbocycles. The van der Waals surface area contributed by atoms with E-state index in [4.69, 9.17) is 4.74 Å². The van der Waals surface area contributed by atoms with Gasteiger partial charge >= 0.3 is 12.5 Å². The van der Waals surface area contributed by atoms with Gasteiger partial charge in [0.05, 0.1) is 23.8 Å². The summed E-state index contributed by atoms with van der Waals surface area (Å²) < 4.78 is 87.5. The lowest BCUT2D eigenvalue weighted by molar-refractivity contribution is -0.274. The van der Waals surface area contributed by atoms with Gasteiger partial charge in [-0.15, -0.1) is 13.2 Å². The molecule has 0 unspecified atom stereocenters. The highest BCUT2D eigenvalue weighted by Crippen LogP contribution is 2.37. The number of benzene rings is 2. The van der Waals surface area contributed by atoms with Crippen LogP contribution in [0.25, 0.3) is 16.7 Å². The van der Waals surface area contributed by atoms with E-state index in [0.29, 0.717) is 11.3 Å². The molecule has 0 aliphatic rings. The van der Waals surface area contributed by atoms with E-state index < -0.39 is 24.1 Å². The van der Waals surface area contributed by atoms with Crippen LogP contribution in [0.3, 0.4) is 0 Å². The number of fused-ring (bicyclic) bond motifs is 1.